The van der Waals surface area contributed by atoms with Gasteiger partial charge in [0.25, 0.3) is 5.91 Å². The van der Waals surface area contributed by atoms with Crippen molar-refractivity contribution in [3.05, 3.63) is 0 Å². The Morgan fingerprint density at radius 3 is 2.50 bits per heavy atom. The molecule has 0 aromatic rings. The molecule has 4 heteroatoms. The molecule has 1 aliphatic carbocycles. The fourth-order valence-corrected chi connectivity index (χ4v) is 2.58. The number of hydrogen-bond acceptors (Lipinski definition) is 3. The van der Waals surface area contributed by atoms with E-state index in [0.29, 0.717) is 12.1 Å². The molecule has 0 aromatic heterocycles. The maximum absolute atomic E-state index is 12.0. The second kappa shape index (κ2) is 7.74. The summed E-state index contributed by atoms with van der Waals surface area (Å²) in [6.07, 6.45) is 5.39. The molecule has 0 saturated heterocycles. The van der Waals surface area contributed by atoms with E-state index < -0.39 is 0 Å². The van der Waals surface area contributed by atoms with E-state index in [-0.39, 0.29) is 12.0 Å². The van der Waals surface area contributed by atoms with Gasteiger partial charge in [0, 0.05) is 26.2 Å². The zero-order chi connectivity index (χ0) is 13.5. The second-order valence-electron chi connectivity index (χ2n) is 5.29. The van der Waals surface area contributed by atoms with E-state index in [1.165, 1.54) is 19.3 Å². The molecule has 1 aliphatic rings. The minimum absolute atomic E-state index is 0.0995. The number of carbonyl (C=O) groups is 1. The summed E-state index contributed by atoms with van der Waals surface area (Å²) in [5.74, 6) is 0.0995. The van der Waals surface area contributed by atoms with Crippen LogP contribution in [-0.4, -0.2) is 49.7 Å². The van der Waals surface area contributed by atoms with Gasteiger partial charge in [0.2, 0.25) is 0 Å². The van der Waals surface area contributed by atoms with Gasteiger partial charge in [-0.3, -0.25) is 4.79 Å². The van der Waals surface area contributed by atoms with Gasteiger partial charge < -0.3 is 15.0 Å². The first-order valence-corrected chi connectivity index (χ1v) is 7.13. The topological polar surface area (TPSA) is 41.6 Å². The largest absolute Gasteiger partial charge is 0.372 e. The fourth-order valence-electron chi connectivity index (χ4n) is 2.58. The second-order valence-corrected chi connectivity index (χ2v) is 5.29. The van der Waals surface area contributed by atoms with Gasteiger partial charge in [-0.25, -0.2) is 0 Å². The number of nitrogens with zero attached hydrogens (tertiary/aromatic N) is 1. The zero-order valence-electron chi connectivity index (χ0n) is 12.2. The predicted molar refractivity (Wildman–Crippen MR) is 73.6 cm³/mol. The van der Waals surface area contributed by atoms with Crippen molar-refractivity contribution in [1.29, 1.82) is 0 Å². The highest BCUT2D eigenvalue weighted by molar-refractivity contribution is 5.80. The summed E-state index contributed by atoms with van der Waals surface area (Å²) in [5, 5.41) is 3.57. The van der Waals surface area contributed by atoms with Gasteiger partial charge in [-0.15, -0.1) is 0 Å². The Balaban J connectivity index is 2.35. The maximum Gasteiger partial charge on any atom is 0.251 e. The number of ether oxygens (including phenoxy) is 1. The minimum Gasteiger partial charge on any atom is -0.372 e. The summed E-state index contributed by atoms with van der Waals surface area (Å²) in [6, 6.07) is 1.03. The minimum atomic E-state index is -0.328. The first-order valence-electron chi connectivity index (χ1n) is 7.13. The lowest BCUT2D eigenvalue weighted by Gasteiger charge is -2.36. The third-order valence-electron chi connectivity index (χ3n) is 3.98. The van der Waals surface area contributed by atoms with E-state index in [0.717, 1.165) is 19.4 Å². The van der Waals surface area contributed by atoms with Crippen LogP contribution in [0.1, 0.15) is 46.0 Å². The highest BCUT2D eigenvalue weighted by Crippen LogP contribution is 2.23. The van der Waals surface area contributed by atoms with E-state index in [2.05, 4.69) is 12.2 Å². The van der Waals surface area contributed by atoms with E-state index in [4.69, 9.17) is 4.74 Å². The quantitative estimate of drug-likeness (QED) is 0.788. The number of hydrogen-bond donors (Lipinski definition) is 1. The number of rotatable bonds is 6. The van der Waals surface area contributed by atoms with Gasteiger partial charge in [-0.1, -0.05) is 6.92 Å². The first-order chi connectivity index (χ1) is 8.60. The summed E-state index contributed by atoms with van der Waals surface area (Å²) >= 11 is 0. The molecule has 0 heterocycles. The van der Waals surface area contributed by atoms with E-state index in [9.17, 15) is 4.79 Å². The standard InChI is InChI=1S/C14H28N2O2/c1-5-10-15-12-6-8-13(9-7-12)16(3)14(17)11(2)18-4/h11-13,15H,5-10H2,1-4H3. The molecular weight excluding hydrogens is 228 g/mol. The number of likely N-dealkylation sites (N-methyl/N-ethyl adjacent to an activating group) is 1. The van der Waals surface area contributed by atoms with Gasteiger partial charge in [0.1, 0.15) is 6.10 Å². The average molecular weight is 256 g/mol. The van der Waals surface area contributed by atoms with Crippen molar-refractivity contribution in [2.75, 3.05) is 20.7 Å². The molecule has 106 valence electrons. The van der Waals surface area contributed by atoms with Crippen LogP contribution in [0.25, 0.3) is 0 Å². The van der Waals surface area contributed by atoms with Crippen molar-refractivity contribution in [2.24, 2.45) is 0 Å². The van der Waals surface area contributed by atoms with Crippen LogP contribution in [0.2, 0.25) is 0 Å². The number of carbonyl (C=O) groups excluding carboxylic acids is 1. The summed E-state index contributed by atoms with van der Waals surface area (Å²) in [5.41, 5.74) is 0. The van der Waals surface area contributed by atoms with Crippen LogP contribution in [0.15, 0.2) is 0 Å². The number of methoxy groups -OCH3 is 1. The Kier molecular flexibility index (Phi) is 6.65. The monoisotopic (exact) mass is 256 g/mol. The van der Waals surface area contributed by atoms with Crippen LogP contribution >= 0.6 is 0 Å². The molecule has 0 bridgehead atoms. The van der Waals surface area contributed by atoms with Crippen LogP contribution < -0.4 is 5.32 Å². The molecular formula is C14H28N2O2. The number of amides is 1. The summed E-state index contributed by atoms with van der Waals surface area (Å²) < 4.78 is 5.09. The van der Waals surface area contributed by atoms with Crippen LogP contribution in [0.4, 0.5) is 0 Å². The fraction of sp³-hybridized carbons (Fsp3) is 0.929. The van der Waals surface area contributed by atoms with Gasteiger partial charge in [-0.05, 0) is 45.6 Å². The van der Waals surface area contributed by atoms with Gasteiger partial charge >= 0.3 is 0 Å². The van der Waals surface area contributed by atoms with Crippen LogP contribution in [0, 0.1) is 0 Å². The molecule has 18 heavy (non-hydrogen) atoms. The third-order valence-corrected chi connectivity index (χ3v) is 3.98. The number of nitrogens with one attached hydrogen (secondary N) is 1. The smallest absolute Gasteiger partial charge is 0.251 e. The highest BCUT2D eigenvalue weighted by Gasteiger charge is 2.28. The lowest BCUT2D eigenvalue weighted by atomic mass is 9.90. The van der Waals surface area contributed by atoms with Crippen molar-refractivity contribution in [3.8, 4) is 0 Å². The molecule has 1 unspecified atom stereocenters. The molecule has 4 nitrogen and oxygen atoms in total. The molecule has 1 atom stereocenters. The molecule has 0 aromatic carbocycles. The Labute approximate surface area is 111 Å². The molecule has 1 rings (SSSR count). The molecule has 0 aliphatic heterocycles. The SMILES string of the molecule is CCCNC1CCC(N(C)C(=O)C(C)OC)CC1. The third kappa shape index (κ3) is 4.25. The highest BCUT2D eigenvalue weighted by atomic mass is 16.5. The molecule has 1 fully saturated rings. The Hall–Kier alpha value is -0.610. The van der Waals surface area contributed by atoms with Crippen LogP contribution in [0.5, 0.6) is 0 Å². The molecule has 0 radical (unpaired) electrons. The van der Waals surface area contributed by atoms with Crippen LogP contribution in [-0.2, 0) is 9.53 Å². The van der Waals surface area contributed by atoms with Crippen molar-refractivity contribution in [2.45, 2.75) is 64.1 Å². The van der Waals surface area contributed by atoms with Crippen molar-refractivity contribution in [1.82, 2.24) is 10.2 Å². The zero-order valence-corrected chi connectivity index (χ0v) is 12.2. The van der Waals surface area contributed by atoms with E-state index in [1.54, 1.807) is 7.11 Å². The summed E-state index contributed by atoms with van der Waals surface area (Å²) in [4.78, 5) is 13.9. The molecule has 1 N–H and O–H groups in total. The predicted octanol–water partition coefficient (Wildman–Crippen LogP) is 1.79. The van der Waals surface area contributed by atoms with Gasteiger partial charge in [0.15, 0.2) is 0 Å². The molecule has 1 saturated carbocycles. The lowest BCUT2D eigenvalue weighted by Crippen LogP contribution is -2.46. The van der Waals surface area contributed by atoms with E-state index in [1.807, 2.05) is 18.9 Å². The summed E-state index contributed by atoms with van der Waals surface area (Å²) in [7, 11) is 3.49. The average Bonchev–Trinajstić information content (AvgIpc) is 2.43. The van der Waals surface area contributed by atoms with E-state index >= 15 is 0 Å². The maximum atomic E-state index is 12.0. The van der Waals surface area contributed by atoms with Crippen molar-refractivity contribution < 1.29 is 9.53 Å². The summed E-state index contributed by atoms with van der Waals surface area (Å²) in [6.45, 7) is 5.11. The Morgan fingerprint density at radius 2 is 2.00 bits per heavy atom. The van der Waals surface area contributed by atoms with Crippen molar-refractivity contribution in [3.63, 3.8) is 0 Å². The Bertz CT molecular complexity index is 250. The lowest BCUT2D eigenvalue weighted by molar-refractivity contribution is -0.142. The normalized spacial score (nSPS) is 25.8. The van der Waals surface area contributed by atoms with Crippen LogP contribution in [0.3, 0.4) is 0 Å². The van der Waals surface area contributed by atoms with Crippen molar-refractivity contribution >= 4 is 5.91 Å². The Morgan fingerprint density at radius 1 is 1.39 bits per heavy atom. The molecule has 1 amide bonds. The molecule has 0 spiro atoms. The first kappa shape index (κ1) is 15.4. The van der Waals surface area contributed by atoms with Gasteiger partial charge in [-0.2, -0.15) is 0 Å². The van der Waals surface area contributed by atoms with Gasteiger partial charge in [0.05, 0.1) is 0 Å².